The predicted molar refractivity (Wildman–Crippen MR) is 82.7 cm³/mol. The van der Waals surface area contributed by atoms with Crippen LogP contribution in [0.5, 0.6) is 0 Å². The van der Waals surface area contributed by atoms with Crippen molar-refractivity contribution in [1.29, 1.82) is 0 Å². The van der Waals surface area contributed by atoms with Crippen molar-refractivity contribution in [2.75, 3.05) is 46.4 Å². The highest BCUT2D eigenvalue weighted by Gasteiger charge is 2.18. The van der Waals surface area contributed by atoms with E-state index in [4.69, 9.17) is 4.74 Å². The van der Waals surface area contributed by atoms with Crippen LogP contribution in [0.2, 0.25) is 0 Å². The van der Waals surface area contributed by atoms with Crippen LogP contribution in [-0.2, 0) is 18.3 Å². The van der Waals surface area contributed by atoms with Crippen molar-refractivity contribution in [2.24, 2.45) is 7.05 Å². The molecule has 1 aliphatic rings. The number of hydrogen-bond donors (Lipinski definition) is 1. The second-order valence-corrected chi connectivity index (χ2v) is 5.63. The first kappa shape index (κ1) is 15.1. The Bertz CT molecular complexity index is 686. The number of hydrogen-bond acceptors (Lipinski definition) is 6. The average molecular weight is 306 g/mol. The van der Waals surface area contributed by atoms with Gasteiger partial charge in [-0.15, -0.1) is 0 Å². The number of rotatable bonds is 5. The van der Waals surface area contributed by atoms with Crippen LogP contribution in [0.1, 0.15) is 5.82 Å². The molecule has 1 N–H and O–H groups in total. The van der Waals surface area contributed by atoms with E-state index in [2.05, 4.69) is 24.9 Å². The lowest BCUT2D eigenvalue weighted by Gasteiger charge is -2.34. The zero-order valence-electron chi connectivity index (χ0n) is 13.1. The lowest BCUT2D eigenvalue weighted by atomic mass is 10.3. The highest BCUT2D eigenvalue weighted by Crippen LogP contribution is 2.08. The fourth-order valence-corrected chi connectivity index (χ4v) is 2.76. The van der Waals surface area contributed by atoms with Crippen molar-refractivity contribution in [3.8, 4) is 0 Å². The summed E-state index contributed by atoms with van der Waals surface area (Å²) in [6.45, 7) is 6.37. The van der Waals surface area contributed by atoms with Crippen LogP contribution in [0.15, 0.2) is 11.0 Å². The second-order valence-electron chi connectivity index (χ2n) is 5.63. The van der Waals surface area contributed by atoms with E-state index in [-0.39, 0.29) is 5.56 Å². The third kappa shape index (κ3) is 3.18. The lowest BCUT2D eigenvalue weighted by Crippen LogP contribution is -2.47. The predicted octanol–water partition coefficient (Wildman–Crippen LogP) is -0.579. The molecule has 8 heteroatoms. The standard InChI is InChI=1S/C14H22N6O2/c1-18-13-11(9-15-18)14(21)17-12(16-13)10-20-5-3-19(4-6-20)7-8-22-2/h9H,3-8,10H2,1-2H3,(H,16,17,21). The molecule has 0 radical (unpaired) electrons. The zero-order chi connectivity index (χ0) is 15.5. The van der Waals surface area contributed by atoms with Crippen molar-refractivity contribution in [3.05, 3.63) is 22.4 Å². The average Bonchev–Trinajstić information content (AvgIpc) is 2.89. The van der Waals surface area contributed by atoms with Gasteiger partial charge in [0.15, 0.2) is 5.65 Å². The lowest BCUT2D eigenvalue weighted by molar-refractivity contribution is 0.0926. The zero-order valence-corrected chi connectivity index (χ0v) is 13.1. The maximum Gasteiger partial charge on any atom is 0.262 e. The van der Waals surface area contributed by atoms with Gasteiger partial charge in [0.05, 0.1) is 19.3 Å². The molecule has 1 fully saturated rings. The molecule has 0 amide bonds. The van der Waals surface area contributed by atoms with Gasteiger partial charge >= 0.3 is 0 Å². The summed E-state index contributed by atoms with van der Waals surface area (Å²) >= 11 is 0. The maximum atomic E-state index is 12.0. The number of methoxy groups -OCH3 is 1. The van der Waals surface area contributed by atoms with Crippen molar-refractivity contribution in [3.63, 3.8) is 0 Å². The number of aromatic amines is 1. The summed E-state index contributed by atoms with van der Waals surface area (Å²) < 4.78 is 6.75. The second kappa shape index (κ2) is 6.55. The molecule has 1 saturated heterocycles. The Morgan fingerprint density at radius 2 is 2.00 bits per heavy atom. The van der Waals surface area contributed by atoms with E-state index in [0.29, 0.717) is 23.4 Å². The van der Waals surface area contributed by atoms with Crippen molar-refractivity contribution < 1.29 is 4.74 Å². The Balaban J connectivity index is 1.64. The molecule has 0 bridgehead atoms. The maximum absolute atomic E-state index is 12.0. The van der Waals surface area contributed by atoms with E-state index in [0.717, 1.165) is 39.3 Å². The minimum absolute atomic E-state index is 0.119. The number of H-pyrrole nitrogens is 1. The van der Waals surface area contributed by atoms with E-state index in [1.54, 1.807) is 25.0 Å². The highest BCUT2D eigenvalue weighted by atomic mass is 16.5. The summed E-state index contributed by atoms with van der Waals surface area (Å²) in [4.78, 5) is 24.1. The Labute approximate surface area is 128 Å². The summed E-state index contributed by atoms with van der Waals surface area (Å²) in [6.07, 6.45) is 1.56. The highest BCUT2D eigenvalue weighted by molar-refractivity contribution is 5.72. The molecule has 2 aromatic rings. The third-order valence-corrected chi connectivity index (χ3v) is 4.10. The van der Waals surface area contributed by atoms with Gasteiger partial charge in [-0.05, 0) is 0 Å². The van der Waals surface area contributed by atoms with Crippen LogP contribution >= 0.6 is 0 Å². The van der Waals surface area contributed by atoms with E-state index in [1.165, 1.54) is 0 Å². The molecule has 0 saturated carbocycles. The molecule has 8 nitrogen and oxygen atoms in total. The minimum atomic E-state index is -0.119. The van der Waals surface area contributed by atoms with Crippen LogP contribution in [0.25, 0.3) is 11.0 Å². The molecule has 0 aromatic carbocycles. The molecule has 3 rings (SSSR count). The number of fused-ring (bicyclic) bond motifs is 1. The number of aryl methyl sites for hydroxylation is 1. The third-order valence-electron chi connectivity index (χ3n) is 4.10. The normalized spacial score (nSPS) is 17.4. The largest absolute Gasteiger partial charge is 0.383 e. The van der Waals surface area contributed by atoms with Crippen molar-refractivity contribution in [1.82, 2.24) is 29.5 Å². The van der Waals surface area contributed by atoms with E-state index in [1.807, 2.05) is 0 Å². The smallest absolute Gasteiger partial charge is 0.262 e. The quantitative estimate of drug-likeness (QED) is 0.796. The first-order chi connectivity index (χ1) is 10.7. The Kier molecular flexibility index (Phi) is 4.51. The van der Waals surface area contributed by atoms with Gasteiger partial charge in [0.2, 0.25) is 0 Å². The molecule has 2 aromatic heterocycles. The van der Waals surface area contributed by atoms with Gasteiger partial charge in [0, 0.05) is 46.9 Å². The minimum Gasteiger partial charge on any atom is -0.383 e. The number of nitrogens with one attached hydrogen (secondary N) is 1. The van der Waals surface area contributed by atoms with Crippen LogP contribution in [0.4, 0.5) is 0 Å². The van der Waals surface area contributed by atoms with E-state index in [9.17, 15) is 4.79 Å². The molecule has 1 aliphatic heterocycles. The summed E-state index contributed by atoms with van der Waals surface area (Å²) in [5, 5.41) is 4.62. The van der Waals surface area contributed by atoms with Gasteiger partial charge in [0.1, 0.15) is 11.2 Å². The molecule has 0 aliphatic carbocycles. The Morgan fingerprint density at radius 1 is 1.27 bits per heavy atom. The van der Waals surface area contributed by atoms with Gasteiger partial charge in [-0.2, -0.15) is 5.10 Å². The summed E-state index contributed by atoms with van der Waals surface area (Å²) in [5.41, 5.74) is 0.518. The SMILES string of the molecule is COCCN1CCN(Cc2nc3c(cnn3C)c(=O)[nH]2)CC1. The number of ether oxygens (including phenoxy) is 1. The van der Waals surface area contributed by atoms with Gasteiger partial charge in [-0.25, -0.2) is 4.98 Å². The van der Waals surface area contributed by atoms with Gasteiger partial charge in [-0.1, -0.05) is 0 Å². The summed E-state index contributed by atoms with van der Waals surface area (Å²) in [6, 6.07) is 0. The number of aromatic nitrogens is 4. The van der Waals surface area contributed by atoms with Crippen LogP contribution in [0.3, 0.4) is 0 Å². The Hall–Kier alpha value is -1.77. The molecular weight excluding hydrogens is 284 g/mol. The molecule has 0 spiro atoms. The van der Waals surface area contributed by atoms with Gasteiger partial charge < -0.3 is 9.72 Å². The van der Waals surface area contributed by atoms with Gasteiger partial charge in [0.25, 0.3) is 5.56 Å². The molecule has 120 valence electrons. The number of piperazine rings is 1. The fourth-order valence-electron chi connectivity index (χ4n) is 2.76. The van der Waals surface area contributed by atoms with Crippen LogP contribution in [0, 0.1) is 0 Å². The first-order valence-corrected chi connectivity index (χ1v) is 7.52. The Morgan fingerprint density at radius 3 is 2.73 bits per heavy atom. The van der Waals surface area contributed by atoms with E-state index >= 15 is 0 Å². The summed E-state index contributed by atoms with van der Waals surface area (Å²) in [7, 11) is 3.53. The van der Waals surface area contributed by atoms with Crippen LogP contribution in [-0.4, -0.2) is 76.0 Å². The first-order valence-electron chi connectivity index (χ1n) is 7.52. The monoisotopic (exact) mass is 306 g/mol. The van der Waals surface area contributed by atoms with Crippen molar-refractivity contribution in [2.45, 2.75) is 6.54 Å². The molecule has 22 heavy (non-hydrogen) atoms. The van der Waals surface area contributed by atoms with Crippen molar-refractivity contribution >= 4 is 11.0 Å². The molecule has 3 heterocycles. The van der Waals surface area contributed by atoms with E-state index < -0.39 is 0 Å². The summed E-state index contributed by atoms with van der Waals surface area (Å²) in [5.74, 6) is 0.700. The topological polar surface area (TPSA) is 79.3 Å². The molecular formula is C14H22N6O2. The van der Waals surface area contributed by atoms with Crippen LogP contribution < -0.4 is 5.56 Å². The fraction of sp³-hybridized carbons (Fsp3) is 0.643. The number of nitrogens with zero attached hydrogens (tertiary/aromatic N) is 5. The molecule has 0 atom stereocenters. The van der Waals surface area contributed by atoms with Gasteiger partial charge in [-0.3, -0.25) is 19.3 Å². The molecule has 0 unspecified atom stereocenters.